The van der Waals surface area contributed by atoms with Crippen molar-refractivity contribution in [2.24, 2.45) is 0 Å². The van der Waals surface area contributed by atoms with Gasteiger partial charge < -0.3 is 14.8 Å². The van der Waals surface area contributed by atoms with Gasteiger partial charge in [0.1, 0.15) is 5.82 Å². The second-order valence-electron chi connectivity index (χ2n) is 6.51. The molecular formula is C20H20N4. The zero-order valence-corrected chi connectivity index (χ0v) is 13.5. The Morgan fingerprint density at radius 2 is 1.83 bits per heavy atom. The Bertz CT molecular complexity index is 877. The first kappa shape index (κ1) is 13.7. The maximum atomic E-state index is 4.73. The Hall–Kier alpha value is -2.75. The highest BCUT2D eigenvalue weighted by atomic mass is 15.2. The minimum Gasteiger partial charge on any atom is -0.371 e. The van der Waals surface area contributed by atoms with E-state index in [1.807, 2.05) is 12.3 Å². The van der Waals surface area contributed by atoms with Gasteiger partial charge in [-0.15, -0.1) is 0 Å². The van der Waals surface area contributed by atoms with Crippen LogP contribution in [0.15, 0.2) is 60.9 Å². The molecule has 5 rings (SSSR count). The van der Waals surface area contributed by atoms with Gasteiger partial charge in [-0.3, -0.25) is 0 Å². The van der Waals surface area contributed by atoms with Gasteiger partial charge in [0, 0.05) is 36.7 Å². The Morgan fingerprint density at radius 1 is 0.958 bits per heavy atom. The van der Waals surface area contributed by atoms with Gasteiger partial charge in [-0.2, -0.15) is 0 Å². The molecular weight excluding hydrogens is 296 g/mol. The molecule has 4 heteroatoms. The van der Waals surface area contributed by atoms with Crippen LogP contribution >= 0.6 is 0 Å². The summed E-state index contributed by atoms with van der Waals surface area (Å²) in [6.07, 6.45) is 6.57. The van der Waals surface area contributed by atoms with Crippen molar-refractivity contribution >= 4 is 11.5 Å². The third-order valence-corrected chi connectivity index (χ3v) is 5.07. The summed E-state index contributed by atoms with van der Waals surface area (Å²) in [5.41, 5.74) is 4.90. The third kappa shape index (κ3) is 2.03. The molecule has 2 aromatic heterocycles. The van der Waals surface area contributed by atoms with Crippen LogP contribution in [0.25, 0.3) is 5.69 Å². The smallest absolute Gasteiger partial charge is 0.134 e. The molecule has 1 saturated heterocycles. The van der Waals surface area contributed by atoms with Crippen LogP contribution in [-0.4, -0.2) is 22.6 Å². The Balaban J connectivity index is 1.64. The highest BCUT2D eigenvalue weighted by Gasteiger charge is 2.28. The lowest BCUT2D eigenvalue weighted by Crippen LogP contribution is -2.26. The fourth-order valence-corrected chi connectivity index (χ4v) is 3.95. The van der Waals surface area contributed by atoms with Gasteiger partial charge in [0.25, 0.3) is 0 Å². The first-order valence-electron chi connectivity index (χ1n) is 8.65. The highest BCUT2D eigenvalue weighted by Crippen LogP contribution is 2.39. The van der Waals surface area contributed by atoms with E-state index in [1.54, 1.807) is 0 Å². The Kier molecular flexibility index (Phi) is 3.08. The average Bonchev–Trinajstić information content (AvgIpc) is 3.33. The van der Waals surface area contributed by atoms with Crippen LogP contribution in [-0.2, 0) is 0 Å². The van der Waals surface area contributed by atoms with E-state index in [0.29, 0.717) is 0 Å². The molecule has 4 nitrogen and oxygen atoms in total. The fourth-order valence-electron chi connectivity index (χ4n) is 3.95. The van der Waals surface area contributed by atoms with Crippen LogP contribution in [0, 0.1) is 0 Å². The van der Waals surface area contributed by atoms with E-state index in [9.17, 15) is 0 Å². The molecule has 1 fully saturated rings. The molecule has 0 aliphatic carbocycles. The van der Waals surface area contributed by atoms with Crippen molar-refractivity contribution in [3.05, 3.63) is 72.2 Å². The predicted molar refractivity (Wildman–Crippen MR) is 96.9 cm³/mol. The number of nitrogens with one attached hydrogen (secondary N) is 1. The van der Waals surface area contributed by atoms with Crippen molar-refractivity contribution in [2.75, 3.05) is 23.3 Å². The summed E-state index contributed by atoms with van der Waals surface area (Å²) in [7, 11) is 0. The van der Waals surface area contributed by atoms with Gasteiger partial charge in [-0.25, -0.2) is 4.98 Å². The molecule has 2 aliphatic rings. The first-order chi connectivity index (χ1) is 11.9. The number of aromatic nitrogens is 2. The van der Waals surface area contributed by atoms with E-state index in [1.165, 1.54) is 35.5 Å². The number of benzene rings is 1. The van der Waals surface area contributed by atoms with Gasteiger partial charge in [0.05, 0.1) is 17.4 Å². The second kappa shape index (κ2) is 5.41. The molecule has 120 valence electrons. The van der Waals surface area contributed by atoms with Gasteiger partial charge in [-0.1, -0.05) is 18.2 Å². The number of nitrogens with zero attached hydrogens (tertiary/aromatic N) is 3. The van der Waals surface area contributed by atoms with Crippen molar-refractivity contribution in [2.45, 2.75) is 18.9 Å². The number of pyridine rings is 1. The molecule has 0 radical (unpaired) electrons. The van der Waals surface area contributed by atoms with E-state index in [4.69, 9.17) is 4.98 Å². The van der Waals surface area contributed by atoms with Crippen LogP contribution in [0.2, 0.25) is 0 Å². The maximum absolute atomic E-state index is 4.73. The number of fused-ring (bicyclic) bond motifs is 3. The molecule has 2 aliphatic heterocycles. The lowest BCUT2D eigenvalue weighted by atomic mass is 10.0. The summed E-state index contributed by atoms with van der Waals surface area (Å²) in [6.45, 7) is 2.21. The summed E-state index contributed by atoms with van der Waals surface area (Å²) in [6, 6.07) is 17.2. The number of anilines is 2. The first-order valence-corrected chi connectivity index (χ1v) is 8.65. The normalized spacial score (nSPS) is 18.8. The molecule has 0 spiro atoms. The third-order valence-electron chi connectivity index (χ3n) is 5.07. The minimum absolute atomic E-state index is 0.124. The molecule has 3 aromatic rings. The maximum Gasteiger partial charge on any atom is 0.134 e. The minimum atomic E-state index is 0.124. The fraction of sp³-hybridized carbons (Fsp3) is 0.250. The number of para-hydroxylation sites is 2. The van der Waals surface area contributed by atoms with Crippen LogP contribution < -0.4 is 10.2 Å². The highest BCUT2D eigenvalue weighted by molar-refractivity contribution is 5.68. The molecule has 0 amide bonds. The molecule has 0 saturated carbocycles. The summed E-state index contributed by atoms with van der Waals surface area (Å²) in [5.74, 6) is 1.12. The molecule has 1 unspecified atom stereocenters. The summed E-state index contributed by atoms with van der Waals surface area (Å²) in [5, 5.41) is 3.73. The number of rotatable bonds is 2. The van der Waals surface area contributed by atoms with Crippen molar-refractivity contribution in [1.82, 2.24) is 9.55 Å². The Labute approximate surface area is 141 Å². The van der Waals surface area contributed by atoms with Gasteiger partial charge in [0.15, 0.2) is 0 Å². The average molecular weight is 316 g/mol. The summed E-state index contributed by atoms with van der Waals surface area (Å²) >= 11 is 0. The van der Waals surface area contributed by atoms with Gasteiger partial charge >= 0.3 is 0 Å². The largest absolute Gasteiger partial charge is 0.371 e. The zero-order chi connectivity index (χ0) is 15.9. The molecule has 1 aromatic carbocycles. The van der Waals surface area contributed by atoms with Crippen molar-refractivity contribution in [3.8, 4) is 5.69 Å². The monoisotopic (exact) mass is 316 g/mol. The van der Waals surface area contributed by atoms with Crippen LogP contribution in [0.4, 0.5) is 11.5 Å². The molecule has 1 N–H and O–H groups in total. The second-order valence-corrected chi connectivity index (χ2v) is 6.51. The Morgan fingerprint density at radius 3 is 2.75 bits per heavy atom. The zero-order valence-electron chi connectivity index (χ0n) is 13.5. The lowest BCUT2D eigenvalue weighted by Gasteiger charge is -2.32. The van der Waals surface area contributed by atoms with Gasteiger partial charge in [0.2, 0.25) is 0 Å². The summed E-state index contributed by atoms with van der Waals surface area (Å²) in [4.78, 5) is 7.15. The molecule has 0 bridgehead atoms. The quantitative estimate of drug-likeness (QED) is 0.776. The van der Waals surface area contributed by atoms with E-state index in [-0.39, 0.29) is 6.04 Å². The number of hydrogen-bond donors (Lipinski definition) is 1. The van der Waals surface area contributed by atoms with E-state index >= 15 is 0 Å². The molecule has 4 heterocycles. The SMILES string of the molecule is c1ccc2c(c1)NC(c1cccnc1N1CCCC1)c1cccn1-2. The topological polar surface area (TPSA) is 33.1 Å². The summed E-state index contributed by atoms with van der Waals surface area (Å²) < 4.78 is 2.29. The van der Waals surface area contributed by atoms with Crippen molar-refractivity contribution < 1.29 is 0 Å². The van der Waals surface area contributed by atoms with Crippen LogP contribution in [0.3, 0.4) is 0 Å². The van der Waals surface area contributed by atoms with Crippen molar-refractivity contribution in [1.29, 1.82) is 0 Å². The molecule has 1 atom stereocenters. The van der Waals surface area contributed by atoms with Crippen LogP contribution in [0.1, 0.15) is 30.1 Å². The lowest BCUT2D eigenvalue weighted by molar-refractivity contribution is 0.794. The standard InChI is InChI=1S/C20H20N4/c1-2-9-17-16(8-1)22-19(18-10-6-14-24(17)18)15-7-5-11-21-20(15)23-12-3-4-13-23/h1-2,5-11,14,19,22H,3-4,12-13H2. The van der Waals surface area contributed by atoms with E-state index in [2.05, 4.69) is 63.4 Å². The number of hydrogen-bond acceptors (Lipinski definition) is 3. The predicted octanol–water partition coefficient (Wildman–Crippen LogP) is 3.99. The van der Waals surface area contributed by atoms with E-state index < -0.39 is 0 Å². The van der Waals surface area contributed by atoms with Gasteiger partial charge in [-0.05, 0) is 43.2 Å². The van der Waals surface area contributed by atoms with Crippen LogP contribution in [0.5, 0.6) is 0 Å². The molecule has 24 heavy (non-hydrogen) atoms. The van der Waals surface area contributed by atoms with E-state index in [0.717, 1.165) is 18.9 Å². The van der Waals surface area contributed by atoms with Crippen molar-refractivity contribution in [3.63, 3.8) is 0 Å².